The number of thioether (sulfide) groups is 1. The predicted molar refractivity (Wildman–Crippen MR) is 95.4 cm³/mol. The lowest BCUT2D eigenvalue weighted by molar-refractivity contribution is 0.0493. The van der Waals surface area contributed by atoms with Gasteiger partial charge in [0.2, 0.25) is 0 Å². The van der Waals surface area contributed by atoms with E-state index in [9.17, 15) is 4.79 Å². The van der Waals surface area contributed by atoms with Gasteiger partial charge >= 0.3 is 6.09 Å². The third kappa shape index (κ3) is 6.21. The van der Waals surface area contributed by atoms with E-state index < -0.39 is 5.60 Å². The number of carbonyl (C=O) groups excluding carboxylic acids is 1. The molecule has 0 saturated heterocycles. The van der Waals surface area contributed by atoms with Gasteiger partial charge in [-0.2, -0.15) is 0 Å². The van der Waals surface area contributed by atoms with Crippen LogP contribution in [0.1, 0.15) is 46.5 Å². The van der Waals surface area contributed by atoms with Crippen molar-refractivity contribution in [3.05, 3.63) is 28.7 Å². The summed E-state index contributed by atoms with van der Waals surface area (Å²) in [5.74, 6) is 0. The van der Waals surface area contributed by atoms with Crippen LogP contribution in [0.4, 0.5) is 4.79 Å². The Labute approximate surface area is 145 Å². The molecule has 0 radical (unpaired) electrons. The van der Waals surface area contributed by atoms with E-state index >= 15 is 0 Å². The highest BCUT2D eigenvalue weighted by molar-refractivity contribution is 9.10. The zero-order valence-corrected chi connectivity index (χ0v) is 15.8. The van der Waals surface area contributed by atoms with Gasteiger partial charge in [-0.3, -0.25) is 0 Å². The molecule has 1 saturated carbocycles. The van der Waals surface area contributed by atoms with Gasteiger partial charge in [0.25, 0.3) is 0 Å². The van der Waals surface area contributed by atoms with E-state index in [2.05, 4.69) is 39.4 Å². The fourth-order valence-electron chi connectivity index (χ4n) is 2.53. The van der Waals surface area contributed by atoms with Gasteiger partial charge in [0.1, 0.15) is 5.60 Å². The summed E-state index contributed by atoms with van der Waals surface area (Å²) < 4.78 is 6.44. The van der Waals surface area contributed by atoms with Crippen LogP contribution < -0.4 is 5.32 Å². The second-order valence-corrected chi connectivity index (χ2v) is 8.98. The number of halogens is 1. The highest BCUT2D eigenvalue weighted by Crippen LogP contribution is 2.34. The Morgan fingerprint density at radius 1 is 1.27 bits per heavy atom. The molecular formula is C17H24BrNO2S. The van der Waals surface area contributed by atoms with E-state index in [4.69, 9.17) is 4.74 Å². The van der Waals surface area contributed by atoms with Gasteiger partial charge in [-0.1, -0.05) is 22.0 Å². The normalized spacial score (nSPS) is 22.2. The molecule has 1 aromatic carbocycles. The molecule has 0 aliphatic heterocycles. The van der Waals surface area contributed by atoms with E-state index in [1.807, 2.05) is 38.6 Å². The van der Waals surface area contributed by atoms with Crippen LogP contribution in [-0.2, 0) is 4.74 Å². The van der Waals surface area contributed by atoms with Crippen molar-refractivity contribution in [1.29, 1.82) is 0 Å². The molecule has 1 aliphatic carbocycles. The molecule has 0 unspecified atom stereocenters. The van der Waals surface area contributed by atoms with Gasteiger partial charge in [-0.25, -0.2) is 4.79 Å². The molecule has 1 fully saturated rings. The van der Waals surface area contributed by atoms with Crippen molar-refractivity contribution < 1.29 is 9.53 Å². The van der Waals surface area contributed by atoms with E-state index in [0.717, 1.165) is 30.2 Å². The summed E-state index contributed by atoms with van der Waals surface area (Å²) in [7, 11) is 0. The van der Waals surface area contributed by atoms with Crippen LogP contribution in [0.3, 0.4) is 0 Å². The molecule has 0 atom stereocenters. The highest BCUT2D eigenvalue weighted by atomic mass is 79.9. The number of hydrogen-bond donors (Lipinski definition) is 1. The molecule has 0 heterocycles. The highest BCUT2D eigenvalue weighted by Gasteiger charge is 2.25. The van der Waals surface area contributed by atoms with E-state index in [0.29, 0.717) is 5.25 Å². The summed E-state index contributed by atoms with van der Waals surface area (Å²) in [6.45, 7) is 5.66. The van der Waals surface area contributed by atoms with E-state index in [1.165, 1.54) is 4.90 Å². The SMILES string of the molecule is CC(C)(C)OC(=O)NC1CCC(Sc2cccc(Br)c2)CC1. The molecule has 1 N–H and O–H groups in total. The summed E-state index contributed by atoms with van der Waals surface area (Å²) >= 11 is 5.45. The first kappa shape index (κ1) is 17.7. The number of nitrogens with one attached hydrogen (secondary N) is 1. The van der Waals surface area contributed by atoms with Crippen LogP contribution in [0, 0.1) is 0 Å². The lowest BCUT2D eigenvalue weighted by Crippen LogP contribution is -2.41. The smallest absolute Gasteiger partial charge is 0.407 e. The Morgan fingerprint density at radius 3 is 2.55 bits per heavy atom. The fraction of sp³-hybridized carbons (Fsp3) is 0.588. The number of hydrogen-bond acceptors (Lipinski definition) is 3. The van der Waals surface area contributed by atoms with Crippen LogP contribution in [0.25, 0.3) is 0 Å². The number of rotatable bonds is 3. The van der Waals surface area contributed by atoms with Crippen molar-refractivity contribution in [2.24, 2.45) is 0 Å². The third-order valence-corrected chi connectivity index (χ3v) is 5.32. The molecule has 1 aromatic rings. The average molecular weight is 386 g/mol. The average Bonchev–Trinajstić information content (AvgIpc) is 2.39. The molecule has 0 spiro atoms. The molecule has 1 aliphatic rings. The number of carbonyl (C=O) groups is 1. The summed E-state index contributed by atoms with van der Waals surface area (Å²) in [6.07, 6.45) is 3.99. The van der Waals surface area contributed by atoms with Gasteiger partial charge in [0, 0.05) is 20.7 Å². The van der Waals surface area contributed by atoms with Crippen molar-refractivity contribution in [2.45, 2.75) is 68.2 Å². The topological polar surface area (TPSA) is 38.3 Å². The van der Waals surface area contributed by atoms with Gasteiger partial charge in [0.15, 0.2) is 0 Å². The quantitative estimate of drug-likeness (QED) is 0.758. The molecule has 2 rings (SSSR count). The number of benzene rings is 1. The Kier molecular flexibility index (Phi) is 6.21. The van der Waals surface area contributed by atoms with Crippen molar-refractivity contribution in [3.8, 4) is 0 Å². The molecule has 0 bridgehead atoms. The van der Waals surface area contributed by atoms with E-state index in [-0.39, 0.29) is 12.1 Å². The maximum atomic E-state index is 11.8. The maximum Gasteiger partial charge on any atom is 0.407 e. The first-order chi connectivity index (χ1) is 10.3. The van der Waals surface area contributed by atoms with Crippen molar-refractivity contribution in [3.63, 3.8) is 0 Å². The van der Waals surface area contributed by atoms with Crippen LogP contribution in [0.15, 0.2) is 33.6 Å². The van der Waals surface area contributed by atoms with Gasteiger partial charge < -0.3 is 10.1 Å². The molecule has 122 valence electrons. The molecule has 3 nitrogen and oxygen atoms in total. The number of alkyl carbamates (subject to hydrolysis) is 1. The van der Waals surface area contributed by atoms with Crippen LogP contribution in [-0.4, -0.2) is 23.0 Å². The van der Waals surface area contributed by atoms with Crippen molar-refractivity contribution >= 4 is 33.8 Å². The lowest BCUT2D eigenvalue weighted by atomic mass is 9.95. The number of amides is 1. The first-order valence-corrected chi connectivity index (χ1v) is 9.41. The van der Waals surface area contributed by atoms with Crippen LogP contribution in [0.2, 0.25) is 0 Å². The summed E-state index contributed by atoms with van der Waals surface area (Å²) in [6, 6.07) is 8.68. The molecule has 22 heavy (non-hydrogen) atoms. The van der Waals surface area contributed by atoms with Crippen molar-refractivity contribution in [1.82, 2.24) is 5.32 Å². The minimum atomic E-state index is -0.433. The third-order valence-electron chi connectivity index (χ3n) is 3.49. The lowest BCUT2D eigenvalue weighted by Gasteiger charge is -2.29. The zero-order valence-electron chi connectivity index (χ0n) is 13.4. The minimum Gasteiger partial charge on any atom is -0.444 e. The maximum absolute atomic E-state index is 11.8. The number of ether oxygens (including phenoxy) is 1. The van der Waals surface area contributed by atoms with Gasteiger partial charge in [-0.05, 0) is 64.7 Å². The fourth-order valence-corrected chi connectivity index (χ4v) is 4.33. The largest absolute Gasteiger partial charge is 0.444 e. The standard InChI is InChI=1S/C17H24BrNO2S/c1-17(2,3)21-16(20)19-13-7-9-14(10-8-13)22-15-6-4-5-12(18)11-15/h4-6,11,13-14H,7-10H2,1-3H3,(H,19,20). The predicted octanol–water partition coefficient (Wildman–Crippen LogP) is 5.38. The van der Waals surface area contributed by atoms with Crippen molar-refractivity contribution in [2.75, 3.05) is 0 Å². The van der Waals surface area contributed by atoms with Gasteiger partial charge in [-0.15, -0.1) is 11.8 Å². The summed E-state index contributed by atoms with van der Waals surface area (Å²) in [4.78, 5) is 13.1. The molecule has 1 amide bonds. The summed E-state index contributed by atoms with van der Waals surface area (Å²) in [5.41, 5.74) is -0.433. The van der Waals surface area contributed by atoms with Crippen LogP contribution >= 0.6 is 27.7 Å². The first-order valence-electron chi connectivity index (χ1n) is 7.73. The van der Waals surface area contributed by atoms with Crippen LogP contribution in [0.5, 0.6) is 0 Å². The molecule has 5 heteroatoms. The monoisotopic (exact) mass is 385 g/mol. The molecule has 0 aromatic heterocycles. The zero-order chi connectivity index (χ0) is 16.2. The minimum absolute atomic E-state index is 0.245. The Bertz CT molecular complexity index is 508. The van der Waals surface area contributed by atoms with E-state index in [1.54, 1.807) is 0 Å². The molecular weight excluding hydrogens is 362 g/mol. The Hall–Kier alpha value is -0.680. The Morgan fingerprint density at radius 2 is 1.95 bits per heavy atom. The summed E-state index contributed by atoms with van der Waals surface area (Å²) in [5, 5.41) is 3.62. The van der Waals surface area contributed by atoms with Gasteiger partial charge in [0.05, 0.1) is 0 Å². The second kappa shape index (κ2) is 7.73. The second-order valence-electron chi connectivity index (χ2n) is 6.70. The Balaban J connectivity index is 1.75.